The Morgan fingerprint density at radius 2 is 1.93 bits per heavy atom. The fourth-order valence-corrected chi connectivity index (χ4v) is 4.72. The standard InChI is InChI=1S/C21H26N2O4S/c1-16-8-10-20(11-9-16)27-15-17(2)22-21(24)18-6-5-7-19(14-18)23-12-3-4-13-28(23,25)26/h5-11,14,17H,3-4,12-13,15H2,1-2H3,(H,22,24). The van der Waals surface area contributed by atoms with E-state index in [0.29, 0.717) is 30.8 Å². The van der Waals surface area contributed by atoms with E-state index in [4.69, 9.17) is 4.74 Å². The third kappa shape index (κ3) is 5.04. The summed E-state index contributed by atoms with van der Waals surface area (Å²) < 4.78 is 31.7. The van der Waals surface area contributed by atoms with Gasteiger partial charge in [-0.3, -0.25) is 9.10 Å². The number of hydrogen-bond acceptors (Lipinski definition) is 4. The number of carbonyl (C=O) groups excluding carboxylic acids is 1. The highest BCUT2D eigenvalue weighted by Crippen LogP contribution is 2.24. The quantitative estimate of drug-likeness (QED) is 0.806. The van der Waals surface area contributed by atoms with Crippen LogP contribution in [0.25, 0.3) is 0 Å². The first kappa shape index (κ1) is 20.2. The van der Waals surface area contributed by atoms with Crippen molar-refractivity contribution in [2.45, 2.75) is 32.7 Å². The summed E-state index contributed by atoms with van der Waals surface area (Å²) in [5.74, 6) is 0.650. The molecule has 1 heterocycles. The second-order valence-electron chi connectivity index (χ2n) is 7.14. The molecule has 0 bridgehead atoms. The van der Waals surface area contributed by atoms with Crippen molar-refractivity contribution in [3.8, 4) is 5.75 Å². The number of aryl methyl sites for hydroxylation is 1. The molecule has 1 aliphatic rings. The number of hydrogen-bond donors (Lipinski definition) is 1. The van der Waals surface area contributed by atoms with Gasteiger partial charge in [0.15, 0.2) is 0 Å². The van der Waals surface area contributed by atoms with Gasteiger partial charge in [-0.05, 0) is 57.0 Å². The number of carbonyl (C=O) groups is 1. The lowest BCUT2D eigenvalue weighted by Crippen LogP contribution is -2.38. The van der Waals surface area contributed by atoms with Crippen molar-refractivity contribution in [2.75, 3.05) is 23.2 Å². The van der Waals surface area contributed by atoms with Gasteiger partial charge in [-0.15, -0.1) is 0 Å². The fourth-order valence-electron chi connectivity index (χ4n) is 3.09. The van der Waals surface area contributed by atoms with Crippen molar-refractivity contribution in [1.82, 2.24) is 5.32 Å². The van der Waals surface area contributed by atoms with Crippen LogP contribution < -0.4 is 14.4 Å². The zero-order chi connectivity index (χ0) is 20.1. The zero-order valence-electron chi connectivity index (χ0n) is 16.2. The summed E-state index contributed by atoms with van der Waals surface area (Å²) in [5, 5.41) is 2.90. The predicted molar refractivity (Wildman–Crippen MR) is 110 cm³/mol. The van der Waals surface area contributed by atoms with Crippen LogP contribution in [0.15, 0.2) is 48.5 Å². The average Bonchev–Trinajstić information content (AvgIpc) is 2.67. The number of ether oxygens (including phenoxy) is 1. The maximum absolute atomic E-state index is 12.6. The van der Waals surface area contributed by atoms with Crippen molar-refractivity contribution >= 4 is 21.6 Å². The average molecular weight is 403 g/mol. The predicted octanol–water partition coefficient (Wildman–Crippen LogP) is 3.12. The Hall–Kier alpha value is -2.54. The SMILES string of the molecule is Cc1ccc(OCC(C)NC(=O)c2cccc(N3CCCCS3(=O)=O)c2)cc1. The number of nitrogens with one attached hydrogen (secondary N) is 1. The van der Waals surface area contributed by atoms with E-state index in [-0.39, 0.29) is 17.7 Å². The highest BCUT2D eigenvalue weighted by molar-refractivity contribution is 7.92. The highest BCUT2D eigenvalue weighted by Gasteiger charge is 2.26. The van der Waals surface area contributed by atoms with Gasteiger partial charge in [0.1, 0.15) is 12.4 Å². The Morgan fingerprint density at radius 3 is 2.64 bits per heavy atom. The molecule has 3 rings (SSSR count). The molecule has 2 aromatic carbocycles. The molecule has 0 saturated carbocycles. The molecule has 7 heteroatoms. The van der Waals surface area contributed by atoms with Crippen LogP contribution in [0.4, 0.5) is 5.69 Å². The Morgan fingerprint density at radius 1 is 1.18 bits per heavy atom. The number of sulfonamides is 1. The lowest BCUT2D eigenvalue weighted by molar-refractivity contribution is 0.0926. The van der Waals surface area contributed by atoms with Gasteiger partial charge >= 0.3 is 0 Å². The number of anilines is 1. The van der Waals surface area contributed by atoms with Gasteiger partial charge in [0, 0.05) is 12.1 Å². The molecule has 1 unspecified atom stereocenters. The second-order valence-corrected chi connectivity index (χ2v) is 9.16. The first-order valence-corrected chi connectivity index (χ1v) is 11.1. The summed E-state index contributed by atoms with van der Waals surface area (Å²) in [6, 6.07) is 14.3. The van der Waals surface area contributed by atoms with Crippen LogP contribution in [-0.4, -0.2) is 39.3 Å². The van der Waals surface area contributed by atoms with Gasteiger partial charge in [-0.2, -0.15) is 0 Å². The van der Waals surface area contributed by atoms with E-state index in [1.165, 1.54) is 4.31 Å². The molecule has 2 aromatic rings. The first-order valence-electron chi connectivity index (χ1n) is 9.46. The lowest BCUT2D eigenvalue weighted by atomic mass is 10.1. The minimum absolute atomic E-state index is 0.150. The van der Waals surface area contributed by atoms with Crippen LogP contribution in [0, 0.1) is 6.92 Å². The number of rotatable bonds is 6. The maximum atomic E-state index is 12.6. The van der Waals surface area contributed by atoms with Crippen LogP contribution in [0.5, 0.6) is 5.75 Å². The van der Waals surface area contributed by atoms with E-state index in [1.807, 2.05) is 38.1 Å². The van der Waals surface area contributed by atoms with Gasteiger partial charge in [-0.25, -0.2) is 8.42 Å². The normalized spacial score (nSPS) is 17.0. The number of nitrogens with zero attached hydrogens (tertiary/aromatic N) is 1. The molecule has 0 aromatic heterocycles. The smallest absolute Gasteiger partial charge is 0.251 e. The van der Waals surface area contributed by atoms with Gasteiger partial charge in [0.2, 0.25) is 10.0 Å². The monoisotopic (exact) mass is 402 g/mol. The largest absolute Gasteiger partial charge is 0.491 e. The van der Waals surface area contributed by atoms with E-state index in [0.717, 1.165) is 17.7 Å². The van der Waals surface area contributed by atoms with Crippen molar-refractivity contribution in [2.24, 2.45) is 0 Å². The van der Waals surface area contributed by atoms with Crippen LogP contribution >= 0.6 is 0 Å². The third-order valence-corrected chi connectivity index (χ3v) is 6.51. The summed E-state index contributed by atoms with van der Waals surface area (Å²) in [7, 11) is -3.30. The van der Waals surface area contributed by atoms with E-state index >= 15 is 0 Å². The summed E-state index contributed by atoms with van der Waals surface area (Å²) in [6.45, 7) is 4.67. The maximum Gasteiger partial charge on any atom is 0.251 e. The third-order valence-electron chi connectivity index (χ3n) is 4.64. The Balaban J connectivity index is 1.61. The Labute approximate surface area is 166 Å². The molecule has 28 heavy (non-hydrogen) atoms. The minimum Gasteiger partial charge on any atom is -0.491 e. The molecule has 1 atom stereocenters. The van der Waals surface area contributed by atoms with Crippen LogP contribution in [0.1, 0.15) is 35.7 Å². The highest BCUT2D eigenvalue weighted by atomic mass is 32.2. The summed E-state index contributed by atoms with van der Waals surface area (Å²) in [6.07, 6.45) is 1.50. The van der Waals surface area contributed by atoms with E-state index in [2.05, 4.69) is 5.32 Å². The zero-order valence-corrected chi connectivity index (χ0v) is 17.0. The van der Waals surface area contributed by atoms with Gasteiger partial charge in [0.25, 0.3) is 5.91 Å². The first-order chi connectivity index (χ1) is 13.3. The van der Waals surface area contributed by atoms with E-state index in [9.17, 15) is 13.2 Å². The summed E-state index contributed by atoms with van der Waals surface area (Å²) in [4.78, 5) is 12.6. The van der Waals surface area contributed by atoms with Crippen LogP contribution in [0.3, 0.4) is 0 Å². The summed E-state index contributed by atoms with van der Waals surface area (Å²) in [5.41, 5.74) is 2.13. The van der Waals surface area contributed by atoms with Gasteiger partial charge < -0.3 is 10.1 Å². The van der Waals surface area contributed by atoms with Crippen LogP contribution in [0.2, 0.25) is 0 Å². The molecule has 1 saturated heterocycles. The van der Waals surface area contributed by atoms with E-state index in [1.54, 1.807) is 24.3 Å². The van der Waals surface area contributed by atoms with Crippen LogP contribution in [-0.2, 0) is 10.0 Å². The Kier molecular flexibility index (Phi) is 6.24. The lowest BCUT2D eigenvalue weighted by Gasteiger charge is -2.28. The molecule has 0 radical (unpaired) electrons. The molecular weight excluding hydrogens is 376 g/mol. The number of benzene rings is 2. The molecule has 1 amide bonds. The van der Waals surface area contributed by atoms with Crippen molar-refractivity contribution in [1.29, 1.82) is 0 Å². The van der Waals surface area contributed by atoms with Crippen molar-refractivity contribution in [3.63, 3.8) is 0 Å². The molecule has 1 N–H and O–H groups in total. The molecule has 0 aliphatic carbocycles. The molecule has 6 nitrogen and oxygen atoms in total. The molecular formula is C21H26N2O4S. The second kappa shape index (κ2) is 8.65. The molecule has 0 spiro atoms. The fraction of sp³-hybridized carbons (Fsp3) is 0.381. The van der Waals surface area contributed by atoms with Gasteiger partial charge in [0.05, 0.1) is 17.5 Å². The molecule has 1 aliphatic heterocycles. The Bertz CT molecular complexity index is 926. The molecule has 1 fully saturated rings. The number of amides is 1. The van der Waals surface area contributed by atoms with E-state index < -0.39 is 10.0 Å². The van der Waals surface area contributed by atoms with Gasteiger partial charge in [-0.1, -0.05) is 23.8 Å². The molecule has 150 valence electrons. The summed E-state index contributed by atoms with van der Waals surface area (Å²) >= 11 is 0. The minimum atomic E-state index is -3.30. The topological polar surface area (TPSA) is 75.7 Å². The van der Waals surface area contributed by atoms with Crippen molar-refractivity contribution in [3.05, 3.63) is 59.7 Å². The van der Waals surface area contributed by atoms with Crippen molar-refractivity contribution < 1.29 is 17.9 Å².